The Labute approximate surface area is 158 Å². The number of carbonyl (C=O) groups is 4. The number of rotatable bonds is 4. The molecule has 27 heavy (non-hydrogen) atoms. The molecule has 0 bridgehead atoms. The number of piperidine rings is 1. The fraction of sp³-hybridized carbons (Fsp3) is 0.684. The Kier molecular flexibility index (Phi) is 6.13. The molecule has 2 heterocycles. The molecule has 0 unspecified atom stereocenters. The zero-order chi connectivity index (χ0) is 19.4. The molecule has 0 aromatic heterocycles. The Morgan fingerprint density at radius 3 is 2.41 bits per heavy atom. The minimum Gasteiger partial charge on any atom is -0.466 e. The van der Waals surface area contributed by atoms with Gasteiger partial charge in [-0.05, 0) is 32.6 Å². The van der Waals surface area contributed by atoms with Crippen LogP contribution in [0, 0.1) is 5.92 Å². The number of nitrogens with one attached hydrogen (secondary N) is 1. The van der Waals surface area contributed by atoms with Crippen LogP contribution >= 0.6 is 0 Å². The maximum Gasteiger partial charge on any atom is 0.331 e. The van der Waals surface area contributed by atoms with Crippen LogP contribution in [0.15, 0.2) is 11.8 Å². The standard InChI is InChI=1S/C19H27N3O5/c1-2-27-18(25)13-8-10-21(11-9-13)12-15-16(23)20-19(26)22(17(15)24)14-6-4-3-5-7-14/h12-14H,2-11H2,1H3,(H,20,23,26)/b15-12-. The molecule has 0 aromatic carbocycles. The maximum atomic E-state index is 12.9. The van der Waals surface area contributed by atoms with Gasteiger partial charge in [-0.15, -0.1) is 0 Å². The van der Waals surface area contributed by atoms with E-state index in [1.165, 1.54) is 4.90 Å². The van der Waals surface area contributed by atoms with Crippen molar-refractivity contribution in [1.29, 1.82) is 0 Å². The summed E-state index contributed by atoms with van der Waals surface area (Å²) < 4.78 is 5.06. The van der Waals surface area contributed by atoms with Crippen LogP contribution in [-0.2, 0) is 19.1 Å². The van der Waals surface area contributed by atoms with Gasteiger partial charge in [-0.2, -0.15) is 0 Å². The van der Waals surface area contributed by atoms with Gasteiger partial charge in [0.25, 0.3) is 11.8 Å². The van der Waals surface area contributed by atoms with Crippen LogP contribution in [-0.4, -0.2) is 59.4 Å². The van der Waals surface area contributed by atoms with Crippen molar-refractivity contribution in [1.82, 2.24) is 15.1 Å². The van der Waals surface area contributed by atoms with Gasteiger partial charge in [0.05, 0.1) is 12.5 Å². The van der Waals surface area contributed by atoms with Gasteiger partial charge in [0.2, 0.25) is 0 Å². The van der Waals surface area contributed by atoms with E-state index in [0.717, 1.165) is 32.1 Å². The average Bonchev–Trinajstić information content (AvgIpc) is 2.66. The lowest BCUT2D eigenvalue weighted by molar-refractivity contribution is -0.149. The van der Waals surface area contributed by atoms with E-state index in [0.29, 0.717) is 32.5 Å². The number of ether oxygens (including phenoxy) is 1. The second kappa shape index (κ2) is 8.54. The van der Waals surface area contributed by atoms with E-state index < -0.39 is 17.8 Å². The highest BCUT2D eigenvalue weighted by Crippen LogP contribution is 2.26. The van der Waals surface area contributed by atoms with Crippen molar-refractivity contribution in [2.75, 3.05) is 19.7 Å². The van der Waals surface area contributed by atoms with Crippen LogP contribution in [0.4, 0.5) is 4.79 Å². The third kappa shape index (κ3) is 4.31. The van der Waals surface area contributed by atoms with E-state index in [1.54, 1.807) is 13.1 Å². The Balaban J connectivity index is 1.67. The second-order valence-electron chi connectivity index (χ2n) is 7.33. The van der Waals surface area contributed by atoms with Crippen LogP contribution in [0.2, 0.25) is 0 Å². The lowest BCUT2D eigenvalue weighted by Crippen LogP contribution is -2.58. The number of hydrogen-bond donors (Lipinski definition) is 1. The summed E-state index contributed by atoms with van der Waals surface area (Å²) in [4.78, 5) is 52.2. The molecular formula is C19H27N3O5. The van der Waals surface area contributed by atoms with E-state index >= 15 is 0 Å². The summed E-state index contributed by atoms with van der Waals surface area (Å²) in [7, 11) is 0. The van der Waals surface area contributed by atoms with Crippen LogP contribution in [0.25, 0.3) is 0 Å². The molecule has 8 heteroatoms. The third-order valence-electron chi connectivity index (χ3n) is 5.53. The second-order valence-corrected chi connectivity index (χ2v) is 7.33. The van der Waals surface area contributed by atoms with Crippen LogP contribution in [0.3, 0.4) is 0 Å². The zero-order valence-electron chi connectivity index (χ0n) is 15.7. The molecular weight excluding hydrogens is 350 g/mol. The van der Waals surface area contributed by atoms with Crippen molar-refractivity contribution in [3.05, 3.63) is 11.8 Å². The van der Waals surface area contributed by atoms with Crippen molar-refractivity contribution in [3.63, 3.8) is 0 Å². The molecule has 2 aliphatic heterocycles. The summed E-state index contributed by atoms with van der Waals surface area (Å²) in [6.07, 6.45) is 7.41. The minimum atomic E-state index is -0.649. The summed E-state index contributed by atoms with van der Waals surface area (Å²) in [5.41, 5.74) is -0.00485. The van der Waals surface area contributed by atoms with Gasteiger partial charge in [0.1, 0.15) is 5.57 Å². The molecule has 1 aliphatic carbocycles. The predicted octanol–water partition coefficient (Wildman–Crippen LogP) is 1.56. The number of barbiturate groups is 1. The van der Waals surface area contributed by atoms with Gasteiger partial charge in [-0.1, -0.05) is 19.3 Å². The van der Waals surface area contributed by atoms with Gasteiger partial charge >= 0.3 is 12.0 Å². The first kappa shape index (κ1) is 19.4. The molecule has 3 aliphatic rings. The zero-order valence-corrected chi connectivity index (χ0v) is 15.7. The Hall–Kier alpha value is -2.38. The summed E-state index contributed by atoms with van der Waals surface area (Å²) in [5, 5.41) is 2.30. The molecule has 0 aromatic rings. The number of imide groups is 2. The van der Waals surface area contributed by atoms with E-state index in [-0.39, 0.29) is 23.5 Å². The molecule has 0 atom stereocenters. The molecule has 1 saturated carbocycles. The highest BCUT2D eigenvalue weighted by atomic mass is 16.5. The Morgan fingerprint density at radius 1 is 1.11 bits per heavy atom. The summed E-state index contributed by atoms with van der Waals surface area (Å²) in [6, 6.07) is -0.757. The summed E-state index contributed by atoms with van der Waals surface area (Å²) in [5.74, 6) is -1.49. The van der Waals surface area contributed by atoms with Crippen molar-refractivity contribution in [3.8, 4) is 0 Å². The first-order valence-corrected chi connectivity index (χ1v) is 9.82. The number of likely N-dealkylation sites (tertiary alicyclic amines) is 1. The molecule has 148 valence electrons. The first-order chi connectivity index (χ1) is 13.0. The lowest BCUT2D eigenvalue weighted by Gasteiger charge is -2.36. The van der Waals surface area contributed by atoms with E-state index in [9.17, 15) is 19.2 Å². The number of hydrogen-bond acceptors (Lipinski definition) is 6. The van der Waals surface area contributed by atoms with Gasteiger partial charge in [0.15, 0.2) is 0 Å². The van der Waals surface area contributed by atoms with Crippen molar-refractivity contribution in [2.24, 2.45) is 5.92 Å². The molecule has 8 nitrogen and oxygen atoms in total. The highest BCUT2D eigenvalue weighted by Gasteiger charge is 2.40. The highest BCUT2D eigenvalue weighted by molar-refractivity contribution is 6.28. The average molecular weight is 377 g/mol. The van der Waals surface area contributed by atoms with Gasteiger partial charge in [-0.25, -0.2) is 4.79 Å². The van der Waals surface area contributed by atoms with E-state index in [1.807, 2.05) is 4.90 Å². The topological polar surface area (TPSA) is 96.0 Å². The SMILES string of the molecule is CCOC(=O)C1CCN(/C=C2/C(=O)NC(=O)N(C3CCCCC3)C2=O)CC1. The number of esters is 1. The summed E-state index contributed by atoms with van der Waals surface area (Å²) >= 11 is 0. The third-order valence-corrected chi connectivity index (χ3v) is 5.53. The normalized spacial score (nSPS) is 24.3. The molecule has 4 amide bonds. The van der Waals surface area contributed by atoms with Gasteiger partial charge in [0, 0.05) is 25.3 Å². The van der Waals surface area contributed by atoms with E-state index in [2.05, 4.69) is 5.32 Å². The largest absolute Gasteiger partial charge is 0.466 e. The van der Waals surface area contributed by atoms with Crippen LogP contribution in [0.5, 0.6) is 0 Å². The molecule has 3 rings (SSSR count). The van der Waals surface area contributed by atoms with Gasteiger partial charge < -0.3 is 9.64 Å². The molecule has 0 spiro atoms. The first-order valence-electron chi connectivity index (χ1n) is 9.82. The maximum absolute atomic E-state index is 12.9. The smallest absolute Gasteiger partial charge is 0.331 e. The van der Waals surface area contributed by atoms with Crippen LogP contribution in [0.1, 0.15) is 51.9 Å². The van der Waals surface area contributed by atoms with Crippen molar-refractivity contribution in [2.45, 2.75) is 57.9 Å². The number of nitrogens with zero attached hydrogens (tertiary/aromatic N) is 2. The number of amides is 4. The quantitative estimate of drug-likeness (QED) is 0.454. The number of carbonyl (C=O) groups excluding carboxylic acids is 4. The molecule has 3 fully saturated rings. The number of urea groups is 1. The summed E-state index contributed by atoms with van der Waals surface area (Å²) in [6.45, 7) is 3.27. The molecule has 0 radical (unpaired) electrons. The predicted molar refractivity (Wildman–Crippen MR) is 96.3 cm³/mol. The lowest BCUT2D eigenvalue weighted by atomic mass is 9.93. The Morgan fingerprint density at radius 2 is 1.78 bits per heavy atom. The van der Waals surface area contributed by atoms with Crippen molar-refractivity contribution < 1.29 is 23.9 Å². The molecule has 1 N–H and O–H groups in total. The van der Waals surface area contributed by atoms with Gasteiger partial charge in [-0.3, -0.25) is 24.6 Å². The Bertz CT molecular complexity index is 646. The van der Waals surface area contributed by atoms with Crippen LogP contribution < -0.4 is 5.32 Å². The fourth-order valence-electron chi connectivity index (χ4n) is 4.04. The monoisotopic (exact) mass is 377 g/mol. The minimum absolute atomic E-state index is 0.00485. The fourth-order valence-corrected chi connectivity index (χ4v) is 4.04. The molecule has 2 saturated heterocycles. The van der Waals surface area contributed by atoms with Crippen molar-refractivity contribution >= 4 is 23.8 Å². The van der Waals surface area contributed by atoms with E-state index in [4.69, 9.17) is 4.74 Å².